The molecule has 0 fully saturated rings. The first kappa shape index (κ1) is 15.6. The molecule has 0 radical (unpaired) electrons. The molecular formula is C15H17FN2O2S. The van der Waals surface area contributed by atoms with Crippen molar-refractivity contribution >= 4 is 10.0 Å². The van der Waals surface area contributed by atoms with Gasteiger partial charge in [-0.25, -0.2) is 17.1 Å². The third-order valence-corrected chi connectivity index (χ3v) is 4.99. The van der Waals surface area contributed by atoms with E-state index < -0.39 is 15.8 Å². The van der Waals surface area contributed by atoms with Crippen LogP contribution in [0.4, 0.5) is 4.39 Å². The van der Waals surface area contributed by atoms with E-state index in [0.29, 0.717) is 13.0 Å². The van der Waals surface area contributed by atoms with Crippen molar-refractivity contribution in [3.05, 3.63) is 65.7 Å². The van der Waals surface area contributed by atoms with E-state index in [1.807, 2.05) is 18.2 Å². The van der Waals surface area contributed by atoms with Crippen molar-refractivity contribution in [1.29, 1.82) is 0 Å². The van der Waals surface area contributed by atoms with E-state index in [9.17, 15) is 12.8 Å². The number of likely N-dealkylation sites (N-methyl/N-ethyl adjacent to an activating group) is 1. The van der Waals surface area contributed by atoms with E-state index in [-0.39, 0.29) is 11.3 Å². The molecule has 0 amide bonds. The van der Waals surface area contributed by atoms with Crippen molar-refractivity contribution in [3.8, 4) is 0 Å². The van der Waals surface area contributed by atoms with Gasteiger partial charge in [0.25, 0.3) is 0 Å². The van der Waals surface area contributed by atoms with Crippen LogP contribution in [-0.4, -0.2) is 31.3 Å². The van der Waals surface area contributed by atoms with E-state index in [2.05, 4.69) is 4.98 Å². The fourth-order valence-corrected chi connectivity index (χ4v) is 3.10. The van der Waals surface area contributed by atoms with Crippen LogP contribution >= 0.6 is 0 Å². The van der Waals surface area contributed by atoms with Gasteiger partial charge in [0.15, 0.2) is 0 Å². The number of halogens is 1. The van der Waals surface area contributed by atoms with Gasteiger partial charge < -0.3 is 0 Å². The predicted octanol–water partition coefficient (Wildman–Crippen LogP) is 2.22. The molecule has 6 heteroatoms. The van der Waals surface area contributed by atoms with E-state index in [4.69, 9.17) is 0 Å². The van der Waals surface area contributed by atoms with Crippen molar-refractivity contribution in [2.24, 2.45) is 0 Å². The molecular weight excluding hydrogens is 291 g/mol. The largest absolute Gasteiger partial charge is 0.261 e. The monoisotopic (exact) mass is 308 g/mol. The number of hydrogen-bond donors (Lipinski definition) is 0. The second kappa shape index (κ2) is 6.78. The van der Waals surface area contributed by atoms with Gasteiger partial charge in [0.1, 0.15) is 5.82 Å². The SMILES string of the molecule is CN(CCc1ccccn1)S(=O)(=O)Cc1ccccc1F. The Balaban J connectivity index is 2.00. The minimum Gasteiger partial charge on any atom is -0.261 e. The Hall–Kier alpha value is -1.79. The first-order valence-corrected chi connectivity index (χ1v) is 8.17. The molecule has 4 nitrogen and oxygen atoms in total. The molecule has 0 N–H and O–H groups in total. The number of nitrogens with zero attached hydrogens (tertiary/aromatic N) is 2. The molecule has 0 aliphatic rings. The van der Waals surface area contributed by atoms with Gasteiger partial charge in [-0.2, -0.15) is 0 Å². The van der Waals surface area contributed by atoms with Gasteiger partial charge in [-0.05, 0) is 18.2 Å². The highest BCUT2D eigenvalue weighted by Crippen LogP contribution is 2.13. The highest BCUT2D eigenvalue weighted by molar-refractivity contribution is 7.88. The normalized spacial score (nSPS) is 11.8. The van der Waals surface area contributed by atoms with Gasteiger partial charge in [0, 0.05) is 37.5 Å². The zero-order valence-corrected chi connectivity index (χ0v) is 12.6. The molecule has 0 saturated heterocycles. The van der Waals surface area contributed by atoms with E-state index >= 15 is 0 Å². The minimum absolute atomic E-state index is 0.183. The third-order valence-electron chi connectivity index (χ3n) is 3.18. The molecule has 2 rings (SSSR count). The lowest BCUT2D eigenvalue weighted by Crippen LogP contribution is -2.30. The average Bonchev–Trinajstić information content (AvgIpc) is 2.48. The average molecular weight is 308 g/mol. The van der Waals surface area contributed by atoms with Crippen molar-refractivity contribution in [2.75, 3.05) is 13.6 Å². The van der Waals surface area contributed by atoms with Crippen LogP contribution in [0.25, 0.3) is 0 Å². The second-order valence-electron chi connectivity index (χ2n) is 4.74. The van der Waals surface area contributed by atoms with Crippen molar-refractivity contribution < 1.29 is 12.8 Å². The lowest BCUT2D eigenvalue weighted by atomic mass is 10.2. The first-order valence-electron chi connectivity index (χ1n) is 6.56. The maximum Gasteiger partial charge on any atom is 0.218 e. The zero-order chi connectivity index (χ0) is 15.3. The molecule has 2 aromatic rings. The van der Waals surface area contributed by atoms with Crippen LogP contribution in [0.1, 0.15) is 11.3 Å². The van der Waals surface area contributed by atoms with Gasteiger partial charge >= 0.3 is 0 Å². The zero-order valence-electron chi connectivity index (χ0n) is 11.7. The summed E-state index contributed by atoms with van der Waals surface area (Å²) in [4.78, 5) is 4.15. The molecule has 1 heterocycles. The van der Waals surface area contributed by atoms with Crippen LogP contribution in [0.3, 0.4) is 0 Å². The standard InChI is InChI=1S/C15H17FN2O2S/c1-18(11-9-14-7-4-5-10-17-14)21(19,20)12-13-6-2-3-8-15(13)16/h2-8,10H,9,11-12H2,1H3. The molecule has 1 aromatic heterocycles. The fraction of sp³-hybridized carbons (Fsp3) is 0.267. The molecule has 0 aliphatic carbocycles. The summed E-state index contributed by atoms with van der Waals surface area (Å²) >= 11 is 0. The topological polar surface area (TPSA) is 50.3 Å². The Kier molecular flexibility index (Phi) is 5.03. The summed E-state index contributed by atoms with van der Waals surface area (Å²) in [5, 5.41) is 0. The van der Waals surface area contributed by atoms with Crippen LogP contribution in [-0.2, 0) is 22.2 Å². The first-order chi connectivity index (χ1) is 9.99. The molecule has 0 spiro atoms. The number of hydrogen-bond acceptors (Lipinski definition) is 3. The van der Waals surface area contributed by atoms with Crippen LogP contribution in [0, 0.1) is 5.82 Å². The Morgan fingerprint density at radius 1 is 1.14 bits per heavy atom. The summed E-state index contributed by atoms with van der Waals surface area (Å²) in [6, 6.07) is 11.4. The number of pyridine rings is 1. The molecule has 21 heavy (non-hydrogen) atoms. The van der Waals surface area contributed by atoms with Crippen LogP contribution in [0.5, 0.6) is 0 Å². The van der Waals surface area contributed by atoms with Crippen LogP contribution in [0.2, 0.25) is 0 Å². The van der Waals surface area contributed by atoms with E-state index in [1.165, 1.54) is 29.6 Å². The number of sulfonamides is 1. The smallest absolute Gasteiger partial charge is 0.218 e. The molecule has 0 aliphatic heterocycles. The maximum atomic E-state index is 13.5. The maximum absolute atomic E-state index is 13.5. The minimum atomic E-state index is -3.54. The van der Waals surface area contributed by atoms with Gasteiger partial charge in [-0.15, -0.1) is 0 Å². The van der Waals surface area contributed by atoms with Crippen molar-refractivity contribution in [3.63, 3.8) is 0 Å². The van der Waals surface area contributed by atoms with E-state index in [0.717, 1.165) is 5.69 Å². The van der Waals surface area contributed by atoms with Gasteiger partial charge in [-0.3, -0.25) is 4.98 Å². The Morgan fingerprint density at radius 2 is 1.86 bits per heavy atom. The Labute approximate surface area is 124 Å². The quantitative estimate of drug-likeness (QED) is 0.822. The summed E-state index contributed by atoms with van der Waals surface area (Å²) < 4.78 is 39.2. The number of benzene rings is 1. The van der Waals surface area contributed by atoms with Gasteiger partial charge in [-0.1, -0.05) is 24.3 Å². The number of rotatable bonds is 6. The lowest BCUT2D eigenvalue weighted by molar-refractivity contribution is 0.469. The summed E-state index contributed by atoms with van der Waals surface area (Å²) in [5.41, 5.74) is 1.01. The Bertz CT molecular complexity index is 690. The van der Waals surface area contributed by atoms with Crippen molar-refractivity contribution in [1.82, 2.24) is 9.29 Å². The lowest BCUT2D eigenvalue weighted by Gasteiger charge is -2.17. The van der Waals surface area contributed by atoms with Crippen LogP contribution < -0.4 is 0 Å². The fourth-order valence-electron chi connectivity index (χ4n) is 1.88. The summed E-state index contributed by atoms with van der Waals surface area (Å²) in [5.74, 6) is -0.836. The molecule has 1 aromatic carbocycles. The molecule has 112 valence electrons. The predicted molar refractivity (Wildman–Crippen MR) is 79.6 cm³/mol. The molecule has 0 atom stereocenters. The van der Waals surface area contributed by atoms with Crippen LogP contribution in [0.15, 0.2) is 48.7 Å². The summed E-state index contributed by atoms with van der Waals surface area (Å²) in [6.07, 6.45) is 2.19. The number of aromatic nitrogens is 1. The van der Waals surface area contributed by atoms with Gasteiger partial charge in [0.05, 0.1) is 5.75 Å². The summed E-state index contributed by atoms with van der Waals surface area (Å²) in [7, 11) is -2.04. The second-order valence-corrected chi connectivity index (χ2v) is 6.82. The molecule has 0 bridgehead atoms. The molecule has 0 saturated carbocycles. The summed E-state index contributed by atoms with van der Waals surface area (Å²) in [6.45, 7) is 0.313. The Morgan fingerprint density at radius 3 is 2.52 bits per heavy atom. The molecule has 0 unspecified atom stereocenters. The highest BCUT2D eigenvalue weighted by Gasteiger charge is 2.20. The third kappa shape index (κ3) is 4.34. The van der Waals surface area contributed by atoms with Gasteiger partial charge in [0.2, 0.25) is 10.0 Å². The van der Waals surface area contributed by atoms with E-state index in [1.54, 1.807) is 12.3 Å². The highest BCUT2D eigenvalue weighted by atomic mass is 32.2. The van der Waals surface area contributed by atoms with Crippen molar-refractivity contribution in [2.45, 2.75) is 12.2 Å².